The molecule has 5 heteroatoms. The number of benzene rings is 1. The third kappa shape index (κ3) is 2.59. The van der Waals surface area contributed by atoms with Crippen LogP contribution in [0.15, 0.2) is 44.8 Å². The van der Waals surface area contributed by atoms with Crippen molar-refractivity contribution in [1.29, 1.82) is 0 Å². The zero-order valence-corrected chi connectivity index (χ0v) is 12.9. The van der Waals surface area contributed by atoms with Gasteiger partial charge in [-0.25, -0.2) is 8.42 Å². The molecule has 0 fully saturated rings. The number of rotatable bonds is 2. The predicted octanol–water partition coefficient (Wildman–Crippen LogP) is 4.07. The summed E-state index contributed by atoms with van der Waals surface area (Å²) in [6.07, 6.45) is 0.699. The van der Waals surface area contributed by atoms with E-state index in [9.17, 15) is 8.42 Å². The Morgan fingerprint density at radius 2 is 2.16 bits per heavy atom. The van der Waals surface area contributed by atoms with E-state index < -0.39 is 9.84 Å². The standard InChI is InChI=1S/C14H14O2S3/c1-10-3-2-4-11(9-10)18-13-6-8-19(15,16)14-12(13)5-7-17-14/h2-5,7,9,13H,6,8H2,1H3/t13-/m0/s1. The van der Waals surface area contributed by atoms with E-state index in [0.29, 0.717) is 10.6 Å². The average molecular weight is 310 g/mol. The normalized spacial score (nSPS) is 21.0. The van der Waals surface area contributed by atoms with Crippen molar-refractivity contribution < 1.29 is 8.42 Å². The van der Waals surface area contributed by atoms with Gasteiger partial charge in [0.15, 0.2) is 9.84 Å². The number of sulfone groups is 1. The molecule has 2 nitrogen and oxygen atoms in total. The van der Waals surface area contributed by atoms with Gasteiger partial charge in [0, 0.05) is 10.1 Å². The lowest BCUT2D eigenvalue weighted by molar-refractivity contribution is 0.588. The lowest BCUT2D eigenvalue weighted by atomic mass is 10.2. The van der Waals surface area contributed by atoms with Crippen LogP contribution in [0.2, 0.25) is 0 Å². The van der Waals surface area contributed by atoms with Gasteiger partial charge in [-0.15, -0.1) is 23.1 Å². The Labute approximate surface area is 121 Å². The SMILES string of the molecule is Cc1cccc(S[C@H]2CCS(=O)(=O)c3sccc32)c1. The van der Waals surface area contributed by atoms with Gasteiger partial charge < -0.3 is 0 Å². The van der Waals surface area contributed by atoms with Gasteiger partial charge in [-0.2, -0.15) is 0 Å². The van der Waals surface area contributed by atoms with Crippen molar-refractivity contribution in [2.45, 2.75) is 27.7 Å². The summed E-state index contributed by atoms with van der Waals surface area (Å²) in [5, 5.41) is 2.14. The summed E-state index contributed by atoms with van der Waals surface area (Å²) in [4.78, 5) is 1.21. The van der Waals surface area contributed by atoms with Crippen LogP contribution in [0.5, 0.6) is 0 Å². The molecule has 0 unspecified atom stereocenters. The van der Waals surface area contributed by atoms with Gasteiger partial charge in [-0.1, -0.05) is 17.7 Å². The van der Waals surface area contributed by atoms with Crippen molar-refractivity contribution >= 4 is 32.9 Å². The van der Waals surface area contributed by atoms with E-state index in [1.165, 1.54) is 21.8 Å². The molecule has 2 aromatic rings. The van der Waals surface area contributed by atoms with Crippen molar-refractivity contribution in [1.82, 2.24) is 0 Å². The second-order valence-electron chi connectivity index (χ2n) is 4.69. The first-order chi connectivity index (χ1) is 9.06. The maximum absolute atomic E-state index is 12.0. The van der Waals surface area contributed by atoms with E-state index in [2.05, 4.69) is 25.1 Å². The maximum atomic E-state index is 12.0. The average Bonchev–Trinajstić information content (AvgIpc) is 2.84. The predicted molar refractivity (Wildman–Crippen MR) is 80.8 cm³/mol. The molecule has 0 aliphatic carbocycles. The lowest BCUT2D eigenvalue weighted by Gasteiger charge is -2.22. The molecule has 1 aromatic heterocycles. The molecule has 0 spiro atoms. The van der Waals surface area contributed by atoms with Gasteiger partial charge in [0.25, 0.3) is 0 Å². The molecule has 19 heavy (non-hydrogen) atoms. The number of hydrogen-bond acceptors (Lipinski definition) is 4. The zero-order chi connectivity index (χ0) is 13.5. The fourth-order valence-electron chi connectivity index (χ4n) is 2.28. The maximum Gasteiger partial charge on any atom is 0.188 e. The van der Waals surface area contributed by atoms with Crippen LogP contribution in [0.1, 0.15) is 22.8 Å². The Morgan fingerprint density at radius 1 is 1.32 bits per heavy atom. The van der Waals surface area contributed by atoms with Crippen molar-refractivity contribution in [3.8, 4) is 0 Å². The number of fused-ring (bicyclic) bond motifs is 1. The summed E-state index contributed by atoms with van der Waals surface area (Å²) in [5.41, 5.74) is 2.22. The van der Waals surface area contributed by atoms with Gasteiger partial charge in [0.2, 0.25) is 0 Å². The summed E-state index contributed by atoms with van der Waals surface area (Å²) >= 11 is 3.12. The largest absolute Gasteiger partial charge is 0.223 e. The zero-order valence-electron chi connectivity index (χ0n) is 10.5. The Kier molecular flexibility index (Phi) is 3.45. The van der Waals surface area contributed by atoms with Crippen molar-refractivity contribution in [3.63, 3.8) is 0 Å². The first kappa shape index (κ1) is 13.2. The highest BCUT2D eigenvalue weighted by Gasteiger charge is 2.31. The number of thiophene rings is 1. The molecule has 1 aliphatic rings. The molecule has 0 N–H and O–H groups in total. The first-order valence-electron chi connectivity index (χ1n) is 6.10. The number of thioether (sulfide) groups is 1. The van der Waals surface area contributed by atoms with Gasteiger partial charge in [0.05, 0.1) is 5.75 Å². The van der Waals surface area contributed by atoms with Crippen molar-refractivity contribution in [3.05, 3.63) is 46.8 Å². The number of aryl methyl sites for hydroxylation is 1. The molecule has 0 bridgehead atoms. The third-order valence-corrected chi connectivity index (χ3v) is 7.85. The Hall–Kier alpha value is -0.780. The molecule has 1 aliphatic heterocycles. The Morgan fingerprint density at radius 3 is 2.95 bits per heavy atom. The molecule has 100 valence electrons. The second kappa shape index (κ2) is 4.96. The quantitative estimate of drug-likeness (QED) is 0.838. The highest BCUT2D eigenvalue weighted by Crippen LogP contribution is 2.46. The summed E-state index contributed by atoms with van der Waals surface area (Å²) < 4.78 is 24.5. The minimum atomic E-state index is -3.03. The smallest absolute Gasteiger partial charge is 0.188 e. The summed E-state index contributed by atoms with van der Waals surface area (Å²) in [5.74, 6) is 0.268. The van der Waals surface area contributed by atoms with E-state index in [-0.39, 0.29) is 11.0 Å². The molecule has 2 heterocycles. The molecule has 0 saturated carbocycles. The first-order valence-corrected chi connectivity index (χ1v) is 9.51. The van der Waals surface area contributed by atoms with Crippen LogP contribution < -0.4 is 0 Å². The van der Waals surface area contributed by atoms with Gasteiger partial charge in [-0.05, 0) is 42.5 Å². The fraction of sp³-hybridized carbons (Fsp3) is 0.286. The lowest BCUT2D eigenvalue weighted by Crippen LogP contribution is -2.16. The van der Waals surface area contributed by atoms with E-state index >= 15 is 0 Å². The summed E-state index contributed by atoms with van der Waals surface area (Å²) in [7, 11) is -3.03. The highest BCUT2D eigenvalue weighted by atomic mass is 32.2. The van der Waals surface area contributed by atoms with Crippen LogP contribution in [0.3, 0.4) is 0 Å². The molecule has 0 saturated heterocycles. The number of hydrogen-bond donors (Lipinski definition) is 0. The third-order valence-electron chi connectivity index (χ3n) is 3.20. The summed E-state index contributed by atoms with van der Waals surface area (Å²) in [6, 6.07) is 10.3. The molecule has 1 atom stereocenters. The molecule has 0 amide bonds. The van der Waals surface area contributed by atoms with Crippen molar-refractivity contribution in [2.75, 3.05) is 5.75 Å². The van der Waals surface area contributed by atoms with E-state index in [1.807, 2.05) is 17.5 Å². The summed E-state index contributed by atoms with van der Waals surface area (Å²) in [6.45, 7) is 2.07. The molecule has 1 aromatic carbocycles. The van der Waals surface area contributed by atoms with Crippen LogP contribution in [0, 0.1) is 6.92 Å². The van der Waals surface area contributed by atoms with E-state index in [0.717, 1.165) is 5.56 Å². The van der Waals surface area contributed by atoms with E-state index in [1.54, 1.807) is 11.8 Å². The molecule has 3 rings (SSSR count). The Bertz CT molecular complexity index is 701. The highest BCUT2D eigenvalue weighted by molar-refractivity contribution is 8.00. The van der Waals surface area contributed by atoms with Crippen LogP contribution in [-0.4, -0.2) is 14.2 Å². The van der Waals surface area contributed by atoms with Gasteiger partial charge >= 0.3 is 0 Å². The minimum Gasteiger partial charge on any atom is -0.223 e. The van der Waals surface area contributed by atoms with Crippen LogP contribution >= 0.6 is 23.1 Å². The van der Waals surface area contributed by atoms with E-state index in [4.69, 9.17) is 0 Å². The van der Waals surface area contributed by atoms with Crippen LogP contribution in [0.4, 0.5) is 0 Å². The van der Waals surface area contributed by atoms with Gasteiger partial charge in [0.1, 0.15) is 4.21 Å². The fourth-order valence-corrected chi connectivity index (χ4v) is 6.87. The van der Waals surface area contributed by atoms with Crippen molar-refractivity contribution in [2.24, 2.45) is 0 Å². The minimum absolute atomic E-state index is 0.256. The van der Waals surface area contributed by atoms with Crippen LogP contribution in [-0.2, 0) is 9.84 Å². The molecular weight excluding hydrogens is 296 g/mol. The Balaban J connectivity index is 1.92. The van der Waals surface area contributed by atoms with Gasteiger partial charge in [-0.3, -0.25) is 0 Å². The molecule has 0 radical (unpaired) electrons. The second-order valence-corrected chi connectivity index (χ2v) is 9.19. The monoisotopic (exact) mass is 310 g/mol. The molecular formula is C14H14O2S3. The van der Waals surface area contributed by atoms with Crippen LogP contribution in [0.25, 0.3) is 0 Å². The topological polar surface area (TPSA) is 34.1 Å².